The molecular formula is C23H24FN5O4. The number of carbonyl (C=O) groups excluding carboxylic acids is 4. The van der Waals surface area contributed by atoms with Gasteiger partial charge in [-0.05, 0) is 43.2 Å². The Labute approximate surface area is 190 Å². The highest BCUT2D eigenvalue weighted by Gasteiger charge is 2.39. The zero-order valence-corrected chi connectivity index (χ0v) is 17.9. The summed E-state index contributed by atoms with van der Waals surface area (Å²) in [4.78, 5) is 58.2. The van der Waals surface area contributed by atoms with Gasteiger partial charge in [0.05, 0.1) is 12.1 Å². The van der Waals surface area contributed by atoms with Gasteiger partial charge in [0.2, 0.25) is 11.8 Å². The fourth-order valence-corrected chi connectivity index (χ4v) is 4.07. The van der Waals surface area contributed by atoms with Crippen LogP contribution in [0.3, 0.4) is 0 Å². The van der Waals surface area contributed by atoms with E-state index in [1.165, 1.54) is 40.4 Å². The van der Waals surface area contributed by atoms with Crippen LogP contribution in [0.25, 0.3) is 0 Å². The average molecular weight is 453 g/mol. The molecule has 4 amide bonds. The van der Waals surface area contributed by atoms with Crippen LogP contribution in [0.1, 0.15) is 33.6 Å². The maximum absolute atomic E-state index is 13.6. The van der Waals surface area contributed by atoms with E-state index in [4.69, 9.17) is 0 Å². The van der Waals surface area contributed by atoms with Crippen molar-refractivity contribution in [3.05, 3.63) is 65.7 Å². The van der Waals surface area contributed by atoms with Gasteiger partial charge in [0.15, 0.2) is 0 Å². The first kappa shape index (κ1) is 22.4. The zero-order valence-electron chi connectivity index (χ0n) is 17.9. The van der Waals surface area contributed by atoms with Crippen molar-refractivity contribution in [1.29, 1.82) is 0 Å². The summed E-state index contributed by atoms with van der Waals surface area (Å²) in [5.41, 5.74) is 0.475. The molecule has 0 saturated carbocycles. The summed E-state index contributed by atoms with van der Waals surface area (Å²) >= 11 is 0. The molecule has 2 unspecified atom stereocenters. The second-order valence-electron chi connectivity index (χ2n) is 8.01. The van der Waals surface area contributed by atoms with Crippen LogP contribution in [-0.2, 0) is 9.59 Å². The fraction of sp³-hybridized carbons (Fsp3) is 0.348. The predicted octanol–water partition coefficient (Wildman–Crippen LogP) is 0.582. The van der Waals surface area contributed by atoms with E-state index in [0.717, 1.165) is 12.5 Å². The van der Waals surface area contributed by atoms with Crippen molar-refractivity contribution in [2.24, 2.45) is 0 Å². The van der Waals surface area contributed by atoms with E-state index in [-0.39, 0.29) is 31.1 Å². The summed E-state index contributed by atoms with van der Waals surface area (Å²) in [5, 5.41) is 5.44. The molecule has 2 N–H and O–H groups in total. The van der Waals surface area contributed by atoms with Crippen molar-refractivity contribution >= 4 is 23.6 Å². The number of pyridine rings is 1. The van der Waals surface area contributed by atoms with E-state index in [1.54, 1.807) is 12.1 Å². The minimum absolute atomic E-state index is 0.0818. The first-order valence-corrected chi connectivity index (χ1v) is 10.8. The molecule has 1 aromatic heterocycles. The molecule has 2 fully saturated rings. The Kier molecular flexibility index (Phi) is 6.62. The van der Waals surface area contributed by atoms with Crippen LogP contribution in [0.15, 0.2) is 48.8 Å². The summed E-state index contributed by atoms with van der Waals surface area (Å²) in [7, 11) is 0. The van der Waals surface area contributed by atoms with Crippen LogP contribution in [0.4, 0.5) is 4.39 Å². The predicted molar refractivity (Wildman–Crippen MR) is 116 cm³/mol. The van der Waals surface area contributed by atoms with E-state index in [2.05, 4.69) is 15.6 Å². The summed E-state index contributed by atoms with van der Waals surface area (Å²) in [6.07, 6.45) is 4.17. The van der Waals surface area contributed by atoms with Crippen molar-refractivity contribution in [3.63, 3.8) is 0 Å². The highest BCUT2D eigenvalue weighted by atomic mass is 19.1. The molecule has 1 aromatic carbocycles. The lowest BCUT2D eigenvalue weighted by molar-refractivity contribution is -0.133. The fourth-order valence-electron chi connectivity index (χ4n) is 4.07. The highest BCUT2D eigenvalue weighted by molar-refractivity contribution is 6.00. The molecule has 2 aliphatic heterocycles. The first-order chi connectivity index (χ1) is 15.9. The van der Waals surface area contributed by atoms with Gasteiger partial charge >= 0.3 is 0 Å². The average Bonchev–Trinajstić information content (AvgIpc) is 2.84. The van der Waals surface area contributed by atoms with E-state index in [1.807, 2.05) is 0 Å². The number of rotatable bonds is 4. The van der Waals surface area contributed by atoms with Crippen LogP contribution >= 0.6 is 0 Å². The summed E-state index contributed by atoms with van der Waals surface area (Å²) in [6, 6.07) is 6.83. The lowest BCUT2D eigenvalue weighted by Crippen LogP contribution is -2.63. The number of nitrogens with one attached hydrogen (secondary N) is 2. The largest absolute Gasteiger partial charge is 0.354 e. The van der Waals surface area contributed by atoms with Crippen LogP contribution < -0.4 is 10.6 Å². The van der Waals surface area contributed by atoms with Gasteiger partial charge in [-0.2, -0.15) is 0 Å². The van der Waals surface area contributed by atoms with Gasteiger partial charge in [0, 0.05) is 37.6 Å². The summed E-state index contributed by atoms with van der Waals surface area (Å²) in [6.45, 7) is 0.746. The molecule has 2 atom stereocenters. The van der Waals surface area contributed by atoms with Crippen LogP contribution in [0, 0.1) is 5.82 Å². The normalized spacial score (nSPS) is 20.7. The van der Waals surface area contributed by atoms with Gasteiger partial charge < -0.3 is 20.4 Å². The molecule has 0 radical (unpaired) electrons. The summed E-state index contributed by atoms with van der Waals surface area (Å²) in [5.74, 6) is -2.16. The smallest absolute Gasteiger partial charge is 0.256 e. The monoisotopic (exact) mass is 453 g/mol. The number of halogens is 1. The number of amides is 4. The summed E-state index contributed by atoms with van der Waals surface area (Å²) < 4.78 is 13.6. The van der Waals surface area contributed by atoms with Gasteiger partial charge in [-0.1, -0.05) is 6.07 Å². The van der Waals surface area contributed by atoms with Gasteiger partial charge in [0.25, 0.3) is 11.8 Å². The Morgan fingerprint density at radius 3 is 2.64 bits per heavy atom. The van der Waals surface area contributed by atoms with E-state index >= 15 is 0 Å². The van der Waals surface area contributed by atoms with Crippen molar-refractivity contribution in [3.8, 4) is 0 Å². The topological polar surface area (TPSA) is 112 Å². The Bertz CT molecular complexity index is 1060. The second kappa shape index (κ2) is 9.76. The number of benzene rings is 1. The molecule has 172 valence electrons. The third kappa shape index (κ3) is 5.00. The van der Waals surface area contributed by atoms with Crippen molar-refractivity contribution in [1.82, 2.24) is 25.4 Å². The molecule has 2 aromatic rings. The van der Waals surface area contributed by atoms with Gasteiger partial charge in [-0.25, -0.2) is 4.39 Å². The quantitative estimate of drug-likeness (QED) is 0.704. The number of piperidine rings is 1. The van der Waals surface area contributed by atoms with Crippen LogP contribution in [-0.4, -0.2) is 76.7 Å². The number of carbonyl (C=O) groups is 4. The van der Waals surface area contributed by atoms with Gasteiger partial charge in [-0.3, -0.25) is 24.2 Å². The number of aromatic nitrogens is 1. The third-order valence-corrected chi connectivity index (χ3v) is 5.81. The van der Waals surface area contributed by atoms with Crippen molar-refractivity contribution in [2.75, 3.05) is 26.2 Å². The van der Waals surface area contributed by atoms with Gasteiger partial charge in [-0.15, -0.1) is 0 Å². The molecule has 10 heteroatoms. The number of nitrogens with zero attached hydrogens (tertiary/aromatic N) is 3. The number of hydrogen-bond donors (Lipinski definition) is 2. The maximum atomic E-state index is 13.6. The molecule has 3 heterocycles. The first-order valence-electron chi connectivity index (χ1n) is 10.8. The van der Waals surface area contributed by atoms with Crippen LogP contribution in [0.5, 0.6) is 0 Å². The Morgan fingerprint density at radius 2 is 1.91 bits per heavy atom. The molecule has 2 saturated heterocycles. The third-order valence-electron chi connectivity index (χ3n) is 5.81. The van der Waals surface area contributed by atoms with Gasteiger partial charge in [0.1, 0.15) is 17.9 Å². The molecule has 33 heavy (non-hydrogen) atoms. The van der Waals surface area contributed by atoms with Crippen molar-refractivity contribution in [2.45, 2.75) is 24.9 Å². The minimum Gasteiger partial charge on any atom is -0.354 e. The molecular weight excluding hydrogens is 429 g/mol. The standard InChI is InChI=1S/C23H24FN5O4/c24-17-6-1-4-15(12-17)22(32)28-10-11-29(23(33)16-5-2-8-25-13-16)19(14-28)21(31)27-18-7-3-9-26-20(18)30/h1-2,4-6,8,12-13,18-19H,3,7,9-11,14H2,(H,26,30)(H,27,31). The second-order valence-corrected chi connectivity index (χ2v) is 8.01. The highest BCUT2D eigenvalue weighted by Crippen LogP contribution is 2.18. The SMILES string of the molecule is O=C1NCCCC1NC(=O)C1CN(C(=O)c2cccc(F)c2)CCN1C(=O)c1cccnc1. The van der Waals surface area contributed by atoms with E-state index < -0.39 is 35.6 Å². The van der Waals surface area contributed by atoms with E-state index in [9.17, 15) is 23.6 Å². The number of piperazine rings is 1. The number of hydrogen-bond acceptors (Lipinski definition) is 5. The molecule has 0 spiro atoms. The molecule has 0 bridgehead atoms. The molecule has 2 aliphatic rings. The Hall–Kier alpha value is -3.82. The molecule has 0 aliphatic carbocycles. The molecule has 4 rings (SSSR count). The maximum Gasteiger partial charge on any atom is 0.256 e. The van der Waals surface area contributed by atoms with Crippen LogP contribution in [0.2, 0.25) is 0 Å². The van der Waals surface area contributed by atoms with E-state index in [0.29, 0.717) is 18.5 Å². The lowest BCUT2D eigenvalue weighted by atomic mass is 10.0. The Morgan fingerprint density at radius 1 is 1.09 bits per heavy atom. The lowest BCUT2D eigenvalue weighted by Gasteiger charge is -2.41. The van der Waals surface area contributed by atoms with Crippen molar-refractivity contribution < 1.29 is 23.6 Å². The molecule has 9 nitrogen and oxygen atoms in total. The minimum atomic E-state index is -1.02. The zero-order chi connectivity index (χ0) is 23.4. The Balaban J connectivity index is 1.56.